The minimum absolute atomic E-state index is 0.00765. The van der Waals surface area contributed by atoms with E-state index in [1.54, 1.807) is 24.1 Å². The van der Waals surface area contributed by atoms with E-state index in [0.717, 1.165) is 35.5 Å². The lowest BCUT2D eigenvalue weighted by Crippen LogP contribution is -2.37. The van der Waals surface area contributed by atoms with Crippen LogP contribution in [0, 0.1) is 6.92 Å². The van der Waals surface area contributed by atoms with Crippen LogP contribution in [0.5, 0.6) is 5.75 Å². The van der Waals surface area contributed by atoms with Crippen molar-refractivity contribution in [3.63, 3.8) is 0 Å². The van der Waals surface area contributed by atoms with E-state index in [-0.39, 0.29) is 17.5 Å². The molecule has 0 saturated carbocycles. The van der Waals surface area contributed by atoms with Gasteiger partial charge in [-0.1, -0.05) is 30.3 Å². The number of carbonyl (C=O) groups excluding carboxylic acids is 1. The van der Waals surface area contributed by atoms with Gasteiger partial charge in [0.05, 0.1) is 30.4 Å². The number of fused-ring (bicyclic) bond motifs is 1. The van der Waals surface area contributed by atoms with E-state index in [9.17, 15) is 9.59 Å². The van der Waals surface area contributed by atoms with Crippen molar-refractivity contribution >= 4 is 16.8 Å². The monoisotopic (exact) mass is 448 g/mol. The van der Waals surface area contributed by atoms with Crippen LogP contribution in [-0.2, 0) is 11.3 Å². The first-order chi connectivity index (χ1) is 16.1. The summed E-state index contributed by atoms with van der Waals surface area (Å²) in [6.45, 7) is 5.00. The highest BCUT2D eigenvalue weighted by Crippen LogP contribution is 2.31. The number of nitrogens with one attached hydrogen (secondary N) is 1. The smallest absolute Gasteiger partial charge is 0.261 e. The number of amides is 1. The number of nitrogens with zero attached hydrogens (tertiary/aromatic N) is 3. The van der Waals surface area contributed by atoms with Crippen LogP contribution in [0.25, 0.3) is 10.9 Å². The van der Waals surface area contributed by atoms with E-state index < -0.39 is 0 Å². The third kappa shape index (κ3) is 5.25. The summed E-state index contributed by atoms with van der Waals surface area (Å²) < 4.78 is 7.17. The Balaban J connectivity index is 1.36. The lowest BCUT2D eigenvalue weighted by molar-refractivity contribution is -0.121. The molecule has 2 aromatic carbocycles. The Labute approximate surface area is 194 Å². The molecule has 1 amide bonds. The Morgan fingerprint density at radius 1 is 1.15 bits per heavy atom. The average Bonchev–Trinajstić information content (AvgIpc) is 3.36. The van der Waals surface area contributed by atoms with Crippen molar-refractivity contribution in [2.75, 3.05) is 26.7 Å². The van der Waals surface area contributed by atoms with Gasteiger partial charge in [0.25, 0.3) is 5.56 Å². The highest BCUT2D eigenvalue weighted by atomic mass is 16.5. The number of hydrogen-bond acceptors (Lipinski definition) is 5. The molecule has 0 aliphatic carbocycles. The lowest BCUT2D eigenvalue weighted by Gasteiger charge is -2.29. The summed E-state index contributed by atoms with van der Waals surface area (Å²) in [7, 11) is 1.68. The molecular formula is C26H32N4O3. The number of para-hydroxylation sites is 2. The Morgan fingerprint density at radius 3 is 2.73 bits per heavy atom. The molecule has 3 aromatic rings. The SMILES string of the molecule is COc1ccccc1C(CNC(=O)CCCn1cnc2c(C)cccc2c1=O)N1CCCC1. The molecule has 7 nitrogen and oxygen atoms in total. The van der Waals surface area contributed by atoms with Crippen LogP contribution in [0.3, 0.4) is 0 Å². The predicted octanol–water partition coefficient (Wildman–Crippen LogP) is 3.45. The van der Waals surface area contributed by atoms with Gasteiger partial charge in [-0.15, -0.1) is 0 Å². The fraction of sp³-hybridized carbons (Fsp3) is 0.423. The van der Waals surface area contributed by atoms with Crippen LogP contribution < -0.4 is 15.6 Å². The van der Waals surface area contributed by atoms with Gasteiger partial charge >= 0.3 is 0 Å². The van der Waals surface area contributed by atoms with E-state index in [0.29, 0.717) is 31.3 Å². The van der Waals surface area contributed by atoms with Gasteiger partial charge in [-0.2, -0.15) is 0 Å². The average molecular weight is 449 g/mol. The summed E-state index contributed by atoms with van der Waals surface area (Å²) in [4.78, 5) is 32.2. The summed E-state index contributed by atoms with van der Waals surface area (Å²) in [5.41, 5.74) is 2.76. The Kier molecular flexibility index (Phi) is 7.40. The second-order valence-corrected chi connectivity index (χ2v) is 8.62. The number of methoxy groups -OCH3 is 1. The van der Waals surface area contributed by atoms with E-state index in [1.807, 2.05) is 37.3 Å². The number of carbonyl (C=O) groups is 1. The highest BCUT2D eigenvalue weighted by molar-refractivity contribution is 5.80. The van der Waals surface area contributed by atoms with Gasteiger partial charge in [-0.05, 0) is 57.0 Å². The molecule has 4 rings (SSSR count). The van der Waals surface area contributed by atoms with Gasteiger partial charge in [-0.25, -0.2) is 4.98 Å². The van der Waals surface area contributed by atoms with Crippen LogP contribution in [0.15, 0.2) is 53.6 Å². The standard InChI is InChI=1S/C26H32N4O3/c1-19-9-7-11-21-25(19)28-18-30(26(21)32)16-8-13-24(31)27-17-22(29-14-5-6-15-29)20-10-3-4-12-23(20)33-2/h3-4,7,9-12,18,22H,5-6,8,13-17H2,1-2H3,(H,27,31). The molecule has 1 fully saturated rings. The molecule has 1 aromatic heterocycles. The minimum atomic E-state index is -0.0608. The molecule has 1 aliphatic heterocycles. The van der Waals surface area contributed by atoms with Crippen LogP contribution in [0.1, 0.15) is 42.9 Å². The van der Waals surface area contributed by atoms with Gasteiger partial charge in [0.1, 0.15) is 5.75 Å². The first-order valence-electron chi connectivity index (χ1n) is 11.7. The van der Waals surface area contributed by atoms with E-state index in [4.69, 9.17) is 4.74 Å². The van der Waals surface area contributed by atoms with Gasteiger partial charge in [0.15, 0.2) is 0 Å². The molecule has 1 unspecified atom stereocenters. The molecule has 1 atom stereocenters. The number of aromatic nitrogens is 2. The maximum atomic E-state index is 12.7. The van der Waals surface area contributed by atoms with Crippen LogP contribution in [-0.4, -0.2) is 47.1 Å². The van der Waals surface area contributed by atoms with E-state index >= 15 is 0 Å². The zero-order valence-electron chi connectivity index (χ0n) is 19.4. The molecule has 2 heterocycles. The third-order valence-corrected chi connectivity index (χ3v) is 6.43. The topological polar surface area (TPSA) is 76.5 Å². The second-order valence-electron chi connectivity index (χ2n) is 8.62. The van der Waals surface area contributed by atoms with E-state index in [1.165, 1.54) is 12.8 Å². The number of ether oxygens (including phenoxy) is 1. The zero-order valence-corrected chi connectivity index (χ0v) is 19.4. The molecule has 1 N–H and O–H groups in total. The fourth-order valence-corrected chi connectivity index (χ4v) is 4.64. The number of aryl methyl sites for hydroxylation is 2. The van der Waals surface area contributed by atoms with Gasteiger partial charge in [0, 0.05) is 25.1 Å². The Morgan fingerprint density at radius 2 is 1.94 bits per heavy atom. The molecule has 1 aliphatic rings. The number of likely N-dealkylation sites (tertiary alicyclic amines) is 1. The zero-order chi connectivity index (χ0) is 23.2. The molecule has 7 heteroatoms. The number of hydrogen-bond donors (Lipinski definition) is 1. The summed E-state index contributed by atoms with van der Waals surface area (Å²) in [5, 5.41) is 3.73. The summed E-state index contributed by atoms with van der Waals surface area (Å²) in [5.74, 6) is 0.841. The van der Waals surface area contributed by atoms with Crippen LogP contribution in [0.4, 0.5) is 0 Å². The van der Waals surface area contributed by atoms with Crippen molar-refractivity contribution in [3.8, 4) is 5.75 Å². The first-order valence-corrected chi connectivity index (χ1v) is 11.7. The Hall–Kier alpha value is -3.19. The van der Waals surface area contributed by atoms with Crippen LogP contribution in [0.2, 0.25) is 0 Å². The molecular weight excluding hydrogens is 416 g/mol. The van der Waals surface area contributed by atoms with Crippen molar-refractivity contribution in [3.05, 3.63) is 70.3 Å². The molecule has 174 valence electrons. The summed E-state index contributed by atoms with van der Waals surface area (Å²) in [6, 6.07) is 13.7. The third-order valence-electron chi connectivity index (χ3n) is 6.43. The van der Waals surface area contributed by atoms with Crippen molar-refractivity contribution in [1.82, 2.24) is 19.8 Å². The van der Waals surface area contributed by atoms with Crippen molar-refractivity contribution in [1.29, 1.82) is 0 Å². The fourth-order valence-electron chi connectivity index (χ4n) is 4.64. The maximum absolute atomic E-state index is 12.7. The Bertz CT molecular complexity index is 1170. The minimum Gasteiger partial charge on any atom is -0.496 e. The lowest BCUT2D eigenvalue weighted by atomic mass is 10.0. The molecule has 0 spiro atoms. The van der Waals surface area contributed by atoms with Crippen molar-refractivity contribution < 1.29 is 9.53 Å². The quantitative estimate of drug-likeness (QED) is 0.543. The normalized spacial score (nSPS) is 15.0. The predicted molar refractivity (Wildman–Crippen MR) is 130 cm³/mol. The summed E-state index contributed by atoms with van der Waals surface area (Å²) in [6.07, 6.45) is 4.87. The molecule has 0 radical (unpaired) electrons. The second kappa shape index (κ2) is 10.6. The van der Waals surface area contributed by atoms with Crippen molar-refractivity contribution in [2.45, 2.75) is 45.2 Å². The molecule has 33 heavy (non-hydrogen) atoms. The first kappa shape index (κ1) is 23.0. The summed E-state index contributed by atoms with van der Waals surface area (Å²) >= 11 is 0. The van der Waals surface area contributed by atoms with Gasteiger partial charge < -0.3 is 10.1 Å². The largest absolute Gasteiger partial charge is 0.496 e. The number of rotatable bonds is 9. The van der Waals surface area contributed by atoms with Crippen LogP contribution >= 0.6 is 0 Å². The highest BCUT2D eigenvalue weighted by Gasteiger charge is 2.26. The van der Waals surface area contributed by atoms with Gasteiger partial charge in [-0.3, -0.25) is 19.1 Å². The number of benzene rings is 2. The molecule has 1 saturated heterocycles. The maximum Gasteiger partial charge on any atom is 0.261 e. The van der Waals surface area contributed by atoms with Gasteiger partial charge in [0.2, 0.25) is 5.91 Å². The molecule has 0 bridgehead atoms. The van der Waals surface area contributed by atoms with Crippen molar-refractivity contribution in [2.24, 2.45) is 0 Å². The van der Waals surface area contributed by atoms with E-state index in [2.05, 4.69) is 21.3 Å².